The first-order valence-electron chi connectivity index (χ1n) is 14.4. The number of rotatable bonds is 11. The topological polar surface area (TPSA) is 105 Å². The fourth-order valence-electron chi connectivity index (χ4n) is 5.51. The smallest absolute Gasteiger partial charge is 0.244 e. The van der Waals surface area contributed by atoms with Gasteiger partial charge < -0.3 is 19.7 Å². The lowest BCUT2D eigenvalue weighted by Crippen LogP contribution is -2.54. The highest BCUT2D eigenvalue weighted by Gasteiger charge is 2.34. The number of nitrogens with zero attached hydrogens (tertiary/aromatic N) is 2. The van der Waals surface area contributed by atoms with Crippen LogP contribution in [-0.2, 0) is 32.6 Å². The molecule has 0 spiro atoms. The van der Waals surface area contributed by atoms with Gasteiger partial charge in [0.05, 0.1) is 11.9 Å². The summed E-state index contributed by atoms with van der Waals surface area (Å²) in [6, 6.07) is 21.1. The zero-order chi connectivity index (χ0) is 30.4. The van der Waals surface area contributed by atoms with Crippen LogP contribution in [0.2, 0.25) is 0 Å². The maximum atomic E-state index is 14.3. The third-order valence-electron chi connectivity index (χ3n) is 7.73. The van der Waals surface area contributed by atoms with Crippen molar-refractivity contribution in [3.8, 4) is 11.5 Å². The number of hydrogen-bond donors (Lipinski definition) is 1. The van der Waals surface area contributed by atoms with Gasteiger partial charge in [0.15, 0.2) is 11.5 Å². The average Bonchev–Trinajstić information content (AvgIpc) is 3.51. The summed E-state index contributed by atoms with van der Waals surface area (Å²) in [7, 11) is -3.89. The van der Waals surface area contributed by atoms with Crippen molar-refractivity contribution < 1.29 is 27.5 Å². The van der Waals surface area contributed by atoms with E-state index < -0.39 is 28.5 Å². The molecule has 5 rings (SSSR count). The van der Waals surface area contributed by atoms with Crippen LogP contribution < -0.4 is 19.1 Å². The Balaban J connectivity index is 1.50. The Bertz CT molecular complexity index is 1530. The molecule has 3 aromatic rings. The minimum atomic E-state index is -3.89. The first kappa shape index (κ1) is 30.9. The molecule has 1 saturated carbocycles. The Morgan fingerprint density at radius 2 is 1.60 bits per heavy atom. The molecule has 0 aromatic heterocycles. The van der Waals surface area contributed by atoms with E-state index in [0.29, 0.717) is 24.7 Å². The number of fused-ring (bicyclic) bond motifs is 1. The van der Waals surface area contributed by atoms with E-state index in [0.717, 1.165) is 51.8 Å². The molecule has 2 amide bonds. The predicted octanol–water partition coefficient (Wildman–Crippen LogP) is 4.69. The van der Waals surface area contributed by atoms with Gasteiger partial charge in [0.1, 0.15) is 25.8 Å². The molecule has 43 heavy (non-hydrogen) atoms. The third kappa shape index (κ3) is 8.08. The van der Waals surface area contributed by atoms with Gasteiger partial charge in [-0.3, -0.25) is 13.9 Å². The molecule has 2 aliphatic rings. The van der Waals surface area contributed by atoms with E-state index in [2.05, 4.69) is 21.2 Å². The summed E-state index contributed by atoms with van der Waals surface area (Å²) in [5.41, 5.74) is 1.99. The largest absolute Gasteiger partial charge is 0.486 e. The normalized spacial score (nSPS) is 15.5. The molecular weight excluding hydrogens is 634 g/mol. The summed E-state index contributed by atoms with van der Waals surface area (Å²) in [5, 5.41) is 3.18. The molecule has 1 N–H and O–H groups in total. The van der Waals surface area contributed by atoms with E-state index in [1.165, 1.54) is 4.90 Å². The minimum Gasteiger partial charge on any atom is -0.486 e. The van der Waals surface area contributed by atoms with Crippen molar-refractivity contribution in [2.45, 2.75) is 50.7 Å². The molecule has 1 heterocycles. The highest BCUT2D eigenvalue weighted by atomic mass is 79.9. The number of anilines is 1. The number of sulfonamides is 1. The first-order chi connectivity index (χ1) is 20.7. The van der Waals surface area contributed by atoms with Gasteiger partial charge >= 0.3 is 0 Å². The molecule has 1 aliphatic heterocycles. The minimum absolute atomic E-state index is 0.0561. The van der Waals surface area contributed by atoms with Crippen LogP contribution >= 0.6 is 15.9 Å². The van der Waals surface area contributed by atoms with E-state index in [1.54, 1.807) is 18.2 Å². The van der Waals surface area contributed by atoms with Crippen LogP contribution in [0.1, 0.15) is 36.8 Å². The number of carbonyl (C=O) groups is 2. The maximum Gasteiger partial charge on any atom is 0.244 e. The SMILES string of the molecule is CS(=O)(=O)N(CC(=O)N(Cc1ccc(Br)cc1)C(Cc1ccccc1)C(=O)NC1CCCC1)c1ccc2c(c1)OCCO2. The van der Waals surface area contributed by atoms with Gasteiger partial charge in [0.25, 0.3) is 0 Å². The first-order valence-corrected chi connectivity index (χ1v) is 17.1. The quantitative estimate of drug-likeness (QED) is 0.318. The van der Waals surface area contributed by atoms with E-state index in [-0.39, 0.29) is 30.6 Å². The van der Waals surface area contributed by atoms with Crippen LogP contribution in [0.3, 0.4) is 0 Å². The monoisotopic (exact) mass is 669 g/mol. The Hall–Kier alpha value is -3.57. The van der Waals surface area contributed by atoms with Gasteiger partial charge in [-0.2, -0.15) is 0 Å². The number of amides is 2. The second-order valence-electron chi connectivity index (χ2n) is 10.9. The lowest BCUT2D eigenvalue weighted by atomic mass is 10.0. The van der Waals surface area contributed by atoms with Gasteiger partial charge in [-0.15, -0.1) is 0 Å². The van der Waals surface area contributed by atoms with Crippen LogP contribution in [0.4, 0.5) is 5.69 Å². The number of ether oxygens (including phenoxy) is 2. The van der Waals surface area contributed by atoms with E-state index >= 15 is 0 Å². The van der Waals surface area contributed by atoms with Crippen molar-refractivity contribution in [1.82, 2.24) is 10.2 Å². The molecule has 1 fully saturated rings. The Morgan fingerprint density at radius 1 is 0.930 bits per heavy atom. The molecular formula is C32H36BrN3O6S. The third-order valence-corrected chi connectivity index (χ3v) is 9.40. The van der Waals surface area contributed by atoms with Crippen molar-refractivity contribution in [2.24, 2.45) is 0 Å². The maximum absolute atomic E-state index is 14.3. The highest BCUT2D eigenvalue weighted by molar-refractivity contribution is 9.10. The van der Waals surface area contributed by atoms with Crippen LogP contribution in [0.15, 0.2) is 77.3 Å². The second-order valence-corrected chi connectivity index (χ2v) is 13.8. The van der Waals surface area contributed by atoms with Crippen molar-refractivity contribution in [3.05, 3.63) is 88.4 Å². The Labute approximate surface area is 261 Å². The van der Waals surface area contributed by atoms with Crippen LogP contribution in [-0.4, -0.2) is 63.2 Å². The molecule has 1 unspecified atom stereocenters. The van der Waals surface area contributed by atoms with Crippen molar-refractivity contribution >= 4 is 43.5 Å². The number of nitrogens with one attached hydrogen (secondary N) is 1. The van der Waals surface area contributed by atoms with Crippen molar-refractivity contribution in [1.29, 1.82) is 0 Å². The number of carbonyl (C=O) groups excluding carboxylic acids is 2. The van der Waals surface area contributed by atoms with Crippen LogP contribution in [0.25, 0.3) is 0 Å². The molecule has 1 atom stereocenters. The van der Waals surface area contributed by atoms with Crippen molar-refractivity contribution in [2.75, 3.05) is 30.3 Å². The van der Waals surface area contributed by atoms with Gasteiger partial charge in [-0.25, -0.2) is 8.42 Å². The molecule has 9 nitrogen and oxygen atoms in total. The summed E-state index contributed by atoms with van der Waals surface area (Å²) >= 11 is 3.46. The van der Waals surface area contributed by atoms with E-state index in [9.17, 15) is 18.0 Å². The Morgan fingerprint density at radius 3 is 2.28 bits per heavy atom. The van der Waals surface area contributed by atoms with Crippen LogP contribution in [0, 0.1) is 0 Å². The molecule has 0 saturated heterocycles. The number of halogens is 1. The molecule has 3 aromatic carbocycles. The summed E-state index contributed by atoms with van der Waals surface area (Å²) < 4.78 is 39.4. The highest BCUT2D eigenvalue weighted by Crippen LogP contribution is 2.35. The van der Waals surface area contributed by atoms with Gasteiger partial charge in [0, 0.05) is 29.5 Å². The Kier molecular flexibility index (Phi) is 9.92. The molecule has 1 aliphatic carbocycles. The van der Waals surface area contributed by atoms with E-state index in [1.807, 2.05) is 54.6 Å². The lowest BCUT2D eigenvalue weighted by molar-refractivity contribution is -0.140. The average molecular weight is 671 g/mol. The second kappa shape index (κ2) is 13.8. The molecule has 0 radical (unpaired) electrons. The number of benzene rings is 3. The number of hydrogen-bond acceptors (Lipinski definition) is 6. The van der Waals surface area contributed by atoms with Gasteiger partial charge in [-0.05, 0) is 48.2 Å². The summed E-state index contributed by atoms with van der Waals surface area (Å²) in [4.78, 5) is 29.7. The van der Waals surface area contributed by atoms with Crippen molar-refractivity contribution in [3.63, 3.8) is 0 Å². The van der Waals surface area contributed by atoms with Gasteiger partial charge in [-0.1, -0.05) is 71.2 Å². The standard InChI is InChI=1S/C32H36BrN3O6S/c1-43(39,40)36(27-15-16-29-30(20-27)42-18-17-41-29)22-31(37)35(21-24-11-13-25(33)14-12-24)28(19-23-7-3-2-4-8-23)32(38)34-26-9-5-6-10-26/h2-4,7-8,11-16,20,26,28H,5-6,9-10,17-19,21-22H2,1H3,(H,34,38). The predicted molar refractivity (Wildman–Crippen MR) is 169 cm³/mol. The van der Waals surface area contributed by atoms with Crippen LogP contribution in [0.5, 0.6) is 11.5 Å². The zero-order valence-corrected chi connectivity index (χ0v) is 26.5. The summed E-state index contributed by atoms with van der Waals surface area (Å²) in [6.45, 7) is 0.376. The molecule has 11 heteroatoms. The zero-order valence-electron chi connectivity index (χ0n) is 24.1. The fraction of sp³-hybridized carbons (Fsp3) is 0.375. The molecule has 0 bridgehead atoms. The van der Waals surface area contributed by atoms with E-state index in [4.69, 9.17) is 9.47 Å². The lowest BCUT2D eigenvalue weighted by Gasteiger charge is -2.34. The van der Waals surface area contributed by atoms with Gasteiger partial charge in [0.2, 0.25) is 21.8 Å². The molecule has 228 valence electrons. The summed E-state index contributed by atoms with van der Waals surface area (Å²) in [5.74, 6) is 0.185. The fourth-order valence-corrected chi connectivity index (χ4v) is 6.61. The summed E-state index contributed by atoms with van der Waals surface area (Å²) in [6.07, 6.45) is 5.24.